The number of sulfonamides is 1. The standard InChI is InChI=1S/C24H35N5O4S/c1-18(2)22(25-23-19-9-5-6-10-20(19)34(32,33)26-23)24(31)29-15-13-27(14-16-29)17-21(30)28-11-7-3-4-8-12-28/h5-6,9-10,18,22H,3-4,7-8,11-17H2,1-2H3,(H,25,26)/t22-/m0/s1. The molecule has 0 aliphatic carbocycles. The summed E-state index contributed by atoms with van der Waals surface area (Å²) in [5, 5.41) is 0. The highest BCUT2D eigenvalue weighted by molar-refractivity contribution is 7.90. The summed E-state index contributed by atoms with van der Waals surface area (Å²) in [7, 11) is -3.66. The second-order valence-electron chi connectivity index (χ2n) is 9.66. The van der Waals surface area contributed by atoms with Gasteiger partial charge in [-0.05, 0) is 30.9 Å². The first kappa shape index (κ1) is 24.7. The Morgan fingerprint density at radius 2 is 1.59 bits per heavy atom. The number of nitrogens with zero attached hydrogens (tertiary/aromatic N) is 4. The maximum absolute atomic E-state index is 13.4. The highest BCUT2D eigenvalue weighted by Crippen LogP contribution is 2.24. The van der Waals surface area contributed by atoms with Crippen LogP contribution in [0, 0.1) is 5.92 Å². The van der Waals surface area contributed by atoms with Crippen LogP contribution in [0.3, 0.4) is 0 Å². The van der Waals surface area contributed by atoms with Crippen LogP contribution in [0.5, 0.6) is 0 Å². The first-order chi connectivity index (χ1) is 16.3. The fraction of sp³-hybridized carbons (Fsp3) is 0.625. The van der Waals surface area contributed by atoms with E-state index in [1.807, 2.05) is 18.7 Å². The molecule has 0 saturated carbocycles. The summed E-state index contributed by atoms with van der Waals surface area (Å²) in [4.78, 5) is 36.7. The number of benzene rings is 1. The Morgan fingerprint density at radius 1 is 0.941 bits per heavy atom. The number of nitrogens with one attached hydrogen (secondary N) is 1. The summed E-state index contributed by atoms with van der Waals surface area (Å²) in [6, 6.07) is 5.99. The molecule has 1 N–H and O–H groups in total. The summed E-state index contributed by atoms with van der Waals surface area (Å²) < 4.78 is 27.3. The lowest BCUT2D eigenvalue weighted by molar-refractivity contribution is -0.136. The van der Waals surface area contributed by atoms with Gasteiger partial charge in [0.25, 0.3) is 10.0 Å². The Bertz CT molecular complexity index is 1040. The van der Waals surface area contributed by atoms with Gasteiger partial charge in [0.15, 0.2) is 0 Å². The van der Waals surface area contributed by atoms with Crippen molar-refractivity contribution in [2.45, 2.75) is 50.5 Å². The Hall–Kier alpha value is -2.46. The monoisotopic (exact) mass is 489 g/mol. The zero-order valence-corrected chi connectivity index (χ0v) is 20.9. The van der Waals surface area contributed by atoms with E-state index in [-0.39, 0.29) is 28.5 Å². The van der Waals surface area contributed by atoms with Crippen molar-refractivity contribution in [2.75, 3.05) is 45.8 Å². The number of fused-ring (bicyclic) bond motifs is 1. The predicted octanol–water partition coefficient (Wildman–Crippen LogP) is 1.30. The highest BCUT2D eigenvalue weighted by Gasteiger charge is 2.35. The summed E-state index contributed by atoms with van der Waals surface area (Å²) in [5.41, 5.74) is 0.498. The van der Waals surface area contributed by atoms with Gasteiger partial charge in [0.2, 0.25) is 11.8 Å². The van der Waals surface area contributed by atoms with Crippen molar-refractivity contribution in [2.24, 2.45) is 10.9 Å². The number of carbonyl (C=O) groups excluding carboxylic acids is 2. The third-order valence-corrected chi connectivity index (χ3v) is 8.21. The molecule has 0 radical (unpaired) electrons. The molecule has 0 spiro atoms. The minimum Gasteiger partial charge on any atom is -0.342 e. The molecule has 3 aliphatic heterocycles. The van der Waals surface area contributed by atoms with Crippen LogP contribution < -0.4 is 4.72 Å². The van der Waals surface area contributed by atoms with E-state index in [9.17, 15) is 18.0 Å². The normalized spacial score (nSPS) is 22.9. The van der Waals surface area contributed by atoms with Gasteiger partial charge in [0.05, 0.1) is 11.4 Å². The number of likely N-dealkylation sites (tertiary alicyclic amines) is 1. The van der Waals surface area contributed by atoms with E-state index in [2.05, 4.69) is 14.6 Å². The van der Waals surface area contributed by atoms with Crippen LogP contribution in [0.25, 0.3) is 0 Å². The SMILES string of the molecule is CC(C)[C@H](N=C1NS(=O)(=O)c2ccccc21)C(=O)N1CCN(CC(=O)N2CCCCCC2)CC1. The van der Waals surface area contributed by atoms with Crippen LogP contribution in [0.15, 0.2) is 34.2 Å². The van der Waals surface area contributed by atoms with Crippen molar-refractivity contribution in [3.05, 3.63) is 29.8 Å². The molecule has 1 aromatic rings. The number of hydrogen-bond acceptors (Lipinski definition) is 6. The topological polar surface area (TPSA) is 102 Å². The smallest absolute Gasteiger partial charge is 0.263 e. The molecule has 0 aromatic heterocycles. The predicted molar refractivity (Wildman–Crippen MR) is 130 cm³/mol. The lowest BCUT2D eigenvalue weighted by Crippen LogP contribution is -2.54. The van der Waals surface area contributed by atoms with Crippen LogP contribution >= 0.6 is 0 Å². The molecule has 34 heavy (non-hydrogen) atoms. The van der Waals surface area contributed by atoms with E-state index in [1.165, 1.54) is 12.8 Å². The summed E-state index contributed by atoms with van der Waals surface area (Å²) in [6.07, 6.45) is 4.54. The van der Waals surface area contributed by atoms with Gasteiger partial charge >= 0.3 is 0 Å². The first-order valence-corrected chi connectivity index (χ1v) is 13.7. The number of piperazine rings is 1. The molecular weight excluding hydrogens is 454 g/mol. The number of amidine groups is 1. The Kier molecular flexibility index (Phi) is 7.57. The quantitative estimate of drug-likeness (QED) is 0.672. The van der Waals surface area contributed by atoms with Gasteiger partial charge in [-0.2, -0.15) is 0 Å². The number of aliphatic imine (C=N–C) groups is 1. The van der Waals surface area contributed by atoms with Gasteiger partial charge in [-0.3, -0.25) is 24.2 Å². The van der Waals surface area contributed by atoms with E-state index in [0.717, 1.165) is 25.9 Å². The fourth-order valence-electron chi connectivity index (χ4n) is 4.78. The third kappa shape index (κ3) is 5.43. The third-order valence-electron chi connectivity index (χ3n) is 6.82. The molecule has 4 rings (SSSR count). The minimum absolute atomic E-state index is 0.0973. The molecule has 3 heterocycles. The summed E-state index contributed by atoms with van der Waals surface area (Å²) >= 11 is 0. The van der Waals surface area contributed by atoms with Gasteiger partial charge in [-0.15, -0.1) is 0 Å². The van der Waals surface area contributed by atoms with Crippen molar-refractivity contribution >= 4 is 27.7 Å². The minimum atomic E-state index is -3.66. The zero-order chi connectivity index (χ0) is 24.3. The average Bonchev–Trinajstić information content (AvgIpc) is 2.98. The summed E-state index contributed by atoms with van der Waals surface area (Å²) in [5.74, 6) is 0.203. The van der Waals surface area contributed by atoms with Crippen LogP contribution in [-0.4, -0.2) is 92.6 Å². The molecule has 1 aromatic carbocycles. The molecule has 1 atom stereocenters. The summed E-state index contributed by atoms with van der Waals surface area (Å²) in [6.45, 7) is 8.27. The zero-order valence-electron chi connectivity index (χ0n) is 20.1. The number of rotatable bonds is 5. The van der Waals surface area contributed by atoms with Crippen molar-refractivity contribution in [3.63, 3.8) is 0 Å². The molecule has 10 heteroatoms. The largest absolute Gasteiger partial charge is 0.342 e. The van der Waals surface area contributed by atoms with E-state index < -0.39 is 16.1 Å². The van der Waals surface area contributed by atoms with Gasteiger partial charge in [-0.1, -0.05) is 38.8 Å². The highest BCUT2D eigenvalue weighted by atomic mass is 32.2. The molecule has 2 fully saturated rings. The van der Waals surface area contributed by atoms with E-state index >= 15 is 0 Å². The number of hydrogen-bond donors (Lipinski definition) is 1. The fourth-order valence-corrected chi connectivity index (χ4v) is 6.02. The van der Waals surface area contributed by atoms with Gasteiger partial charge in [0, 0.05) is 44.8 Å². The van der Waals surface area contributed by atoms with Crippen LogP contribution in [-0.2, 0) is 19.6 Å². The Labute approximate surface area is 202 Å². The van der Waals surface area contributed by atoms with E-state index in [1.54, 1.807) is 29.2 Å². The van der Waals surface area contributed by atoms with Gasteiger partial charge in [-0.25, -0.2) is 8.42 Å². The van der Waals surface area contributed by atoms with Crippen LogP contribution in [0.1, 0.15) is 45.1 Å². The van der Waals surface area contributed by atoms with E-state index in [4.69, 9.17) is 0 Å². The molecule has 3 aliphatic rings. The van der Waals surface area contributed by atoms with Crippen LogP contribution in [0.4, 0.5) is 0 Å². The molecule has 2 amide bonds. The lowest BCUT2D eigenvalue weighted by Gasteiger charge is -2.36. The molecule has 0 unspecified atom stereocenters. The van der Waals surface area contributed by atoms with Crippen molar-refractivity contribution in [1.82, 2.24) is 19.4 Å². The Balaban J connectivity index is 1.38. The second kappa shape index (κ2) is 10.4. The molecule has 2 saturated heterocycles. The molecule has 0 bridgehead atoms. The van der Waals surface area contributed by atoms with Crippen molar-refractivity contribution < 1.29 is 18.0 Å². The molecule has 9 nitrogen and oxygen atoms in total. The Morgan fingerprint density at radius 3 is 2.24 bits per heavy atom. The number of carbonyl (C=O) groups is 2. The van der Waals surface area contributed by atoms with Gasteiger partial charge < -0.3 is 9.80 Å². The van der Waals surface area contributed by atoms with Crippen molar-refractivity contribution in [3.8, 4) is 0 Å². The maximum Gasteiger partial charge on any atom is 0.263 e. The van der Waals surface area contributed by atoms with E-state index in [0.29, 0.717) is 38.3 Å². The van der Waals surface area contributed by atoms with Crippen LogP contribution in [0.2, 0.25) is 0 Å². The lowest BCUT2D eigenvalue weighted by atomic mass is 10.0. The molecule has 186 valence electrons. The molecular formula is C24H35N5O4S. The number of amides is 2. The first-order valence-electron chi connectivity index (χ1n) is 12.3. The maximum atomic E-state index is 13.4. The van der Waals surface area contributed by atoms with Crippen molar-refractivity contribution in [1.29, 1.82) is 0 Å². The average molecular weight is 490 g/mol. The van der Waals surface area contributed by atoms with Gasteiger partial charge in [0.1, 0.15) is 11.9 Å². The second-order valence-corrected chi connectivity index (χ2v) is 11.3.